The fourth-order valence-electron chi connectivity index (χ4n) is 2.65. The summed E-state index contributed by atoms with van der Waals surface area (Å²) in [5, 5.41) is 4.99. The van der Waals surface area contributed by atoms with Crippen molar-refractivity contribution < 1.29 is 9.59 Å². The molecule has 1 saturated heterocycles. The molecule has 2 aromatic rings. The molecule has 114 valence electrons. The Bertz CT molecular complexity index is 640. The number of rotatable bonds is 5. The van der Waals surface area contributed by atoms with Crippen molar-refractivity contribution in [2.45, 2.75) is 25.3 Å². The fourth-order valence-corrected chi connectivity index (χ4v) is 3.36. The third-order valence-electron chi connectivity index (χ3n) is 3.74. The maximum Gasteiger partial charge on any atom is 0.229 e. The lowest BCUT2D eigenvalue weighted by atomic mass is 10.2. The summed E-state index contributed by atoms with van der Waals surface area (Å²) in [7, 11) is 0. The van der Waals surface area contributed by atoms with Gasteiger partial charge in [-0.25, -0.2) is 0 Å². The number of nitrogens with one attached hydrogen (secondary N) is 1. The van der Waals surface area contributed by atoms with Gasteiger partial charge in [0.15, 0.2) is 0 Å². The largest absolute Gasteiger partial charge is 0.351 e. The summed E-state index contributed by atoms with van der Waals surface area (Å²) in [6, 6.07) is 13.5. The number of aryl methyl sites for hydroxylation is 1. The van der Waals surface area contributed by atoms with Crippen LogP contribution in [0.25, 0.3) is 0 Å². The summed E-state index contributed by atoms with van der Waals surface area (Å²) in [6.45, 7) is 0.549. The van der Waals surface area contributed by atoms with E-state index in [9.17, 15) is 9.59 Å². The van der Waals surface area contributed by atoms with Crippen LogP contribution in [0.3, 0.4) is 0 Å². The Hall–Kier alpha value is -2.14. The minimum absolute atomic E-state index is 0.0149. The smallest absolute Gasteiger partial charge is 0.229 e. The number of carbonyl (C=O) groups excluding carboxylic acids is 2. The van der Waals surface area contributed by atoms with Crippen LogP contribution in [-0.2, 0) is 16.0 Å². The Labute approximate surface area is 133 Å². The molecule has 0 spiro atoms. The van der Waals surface area contributed by atoms with Gasteiger partial charge in [-0.2, -0.15) is 0 Å². The van der Waals surface area contributed by atoms with E-state index < -0.39 is 0 Å². The van der Waals surface area contributed by atoms with E-state index in [1.165, 1.54) is 4.88 Å². The number of benzene rings is 1. The first-order valence-electron chi connectivity index (χ1n) is 7.39. The van der Waals surface area contributed by atoms with Gasteiger partial charge in [0, 0.05) is 30.0 Å². The van der Waals surface area contributed by atoms with Crippen molar-refractivity contribution in [3.63, 3.8) is 0 Å². The third-order valence-corrected chi connectivity index (χ3v) is 4.67. The van der Waals surface area contributed by atoms with Gasteiger partial charge in [0.25, 0.3) is 0 Å². The second-order valence-electron chi connectivity index (χ2n) is 5.39. The van der Waals surface area contributed by atoms with Crippen molar-refractivity contribution in [1.29, 1.82) is 0 Å². The highest BCUT2D eigenvalue weighted by Gasteiger charge is 2.31. The van der Waals surface area contributed by atoms with Gasteiger partial charge in [0.2, 0.25) is 11.8 Å². The van der Waals surface area contributed by atoms with Crippen LogP contribution in [0.2, 0.25) is 0 Å². The lowest BCUT2D eigenvalue weighted by Crippen LogP contribution is -2.37. The minimum Gasteiger partial charge on any atom is -0.351 e. The van der Waals surface area contributed by atoms with Gasteiger partial charge in [-0.3, -0.25) is 9.59 Å². The molecule has 1 N–H and O–H groups in total. The summed E-state index contributed by atoms with van der Waals surface area (Å²) in [6.07, 6.45) is 1.60. The summed E-state index contributed by atoms with van der Waals surface area (Å²) >= 11 is 1.66. The molecule has 4 nitrogen and oxygen atoms in total. The summed E-state index contributed by atoms with van der Waals surface area (Å²) in [5.41, 5.74) is 0.892. The lowest BCUT2D eigenvalue weighted by molar-refractivity contribution is -0.121. The normalized spacial score (nSPS) is 17.7. The quantitative estimate of drug-likeness (QED) is 0.922. The topological polar surface area (TPSA) is 49.4 Å². The predicted octanol–water partition coefficient (Wildman–Crippen LogP) is 2.60. The van der Waals surface area contributed by atoms with Gasteiger partial charge in [-0.1, -0.05) is 24.3 Å². The third kappa shape index (κ3) is 3.54. The zero-order valence-corrected chi connectivity index (χ0v) is 13.0. The van der Waals surface area contributed by atoms with Crippen LogP contribution in [0.15, 0.2) is 47.8 Å². The fraction of sp³-hybridized carbons (Fsp3) is 0.294. The van der Waals surface area contributed by atoms with E-state index in [0.29, 0.717) is 19.4 Å². The Morgan fingerprint density at radius 1 is 1.23 bits per heavy atom. The van der Waals surface area contributed by atoms with Crippen LogP contribution in [0.4, 0.5) is 5.69 Å². The molecule has 1 aromatic carbocycles. The number of nitrogens with zero attached hydrogens (tertiary/aromatic N) is 1. The Morgan fingerprint density at radius 2 is 2.05 bits per heavy atom. The van der Waals surface area contributed by atoms with E-state index in [1.807, 2.05) is 47.8 Å². The molecule has 1 aliphatic rings. The van der Waals surface area contributed by atoms with Gasteiger partial charge < -0.3 is 10.2 Å². The Balaban J connectivity index is 1.51. The van der Waals surface area contributed by atoms with Crippen LogP contribution >= 0.6 is 11.3 Å². The number of carbonyl (C=O) groups is 2. The number of para-hydroxylation sites is 1. The molecule has 2 heterocycles. The summed E-state index contributed by atoms with van der Waals surface area (Å²) in [5.74, 6) is 0.0795. The van der Waals surface area contributed by atoms with Crippen molar-refractivity contribution in [2.75, 3.05) is 11.4 Å². The Kier molecular flexibility index (Phi) is 4.53. The SMILES string of the molecule is O=C(CCc1cccs1)NC1CC(=O)N(c2ccccc2)C1. The molecule has 0 bridgehead atoms. The van der Waals surface area contributed by atoms with E-state index in [4.69, 9.17) is 0 Å². The maximum absolute atomic E-state index is 12.1. The first-order chi connectivity index (χ1) is 10.7. The second-order valence-corrected chi connectivity index (χ2v) is 6.42. The molecule has 2 amide bonds. The molecule has 0 radical (unpaired) electrons. The van der Waals surface area contributed by atoms with Crippen molar-refractivity contribution in [2.24, 2.45) is 0 Å². The van der Waals surface area contributed by atoms with Gasteiger partial charge >= 0.3 is 0 Å². The highest BCUT2D eigenvalue weighted by Crippen LogP contribution is 2.21. The maximum atomic E-state index is 12.1. The lowest BCUT2D eigenvalue weighted by Gasteiger charge is -2.17. The van der Waals surface area contributed by atoms with E-state index in [2.05, 4.69) is 5.32 Å². The molecule has 1 fully saturated rings. The van der Waals surface area contributed by atoms with Gasteiger partial charge in [-0.15, -0.1) is 11.3 Å². The van der Waals surface area contributed by atoms with E-state index in [-0.39, 0.29) is 17.9 Å². The highest BCUT2D eigenvalue weighted by atomic mass is 32.1. The van der Waals surface area contributed by atoms with E-state index in [1.54, 1.807) is 16.2 Å². The first-order valence-corrected chi connectivity index (χ1v) is 8.27. The van der Waals surface area contributed by atoms with Crippen LogP contribution in [-0.4, -0.2) is 24.4 Å². The van der Waals surface area contributed by atoms with Gasteiger partial charge in [0.05, 0.1) is 6.04 Å². The molecule has 22 heavy (non-hydrogen) atoms. The highest BCUT2D eigenvalue weighted by molar-refractivity contribution is 7.09. The zero-order valence-electron chi connectivity index (χ0n) is 12.2. The average Bonchev–Trinajstić information content (AvgIpc) is 3.16. The predicted molar refractivity (Wildman–Crippen MR) is 88.0 cm³/mol. The molecule has 1 unspecified atom stereocenters. The number of hydrogen-bond donors (Lipinski definition) is 1. The van der Waals surface area contributed by atoms with E-state index >= 15 is 0 Å². The van der Waals surface area contributed by atoms with Gasteiger partial charge in [0.1, 0.15) is 0 Å². The van der Waals surface area contributed by atoms with Crippen molar-refractivity contribution in [3.8, 4) is 0 Å². The van der Waals surface area contributed by atoms with E-state index in [0.717, 1.165) is 12.1 Å². The monoisotopic (exact) mass is 314 g/mol. The molecule has 3 rings (SSSR count). The Morgan fingerprint density at radius 3 is 2.77 bits per heavy atom. The number of hydrogen-bond acceptors (Lipinski definition) is 3. The van der Waals surface area contributed by atoms with Crippen LogP contribution in [0, 0.1) is 0 Å². The molecule has 1 aromatic heterocycles. The number of thiophene rings is 1. The van der Waals surface area contributed by atoms with Crippen LogP contribution < -0.4 is 10.2 Å². The standard InChI is InChI=1S/C17H18N2O2S/c20-16(9-8-15-7-4-10-22-15)18-13-11-17(21)19(12-13)14-5-2-1-3-6-14/h1-7,10,13H,8-9,11-12H2,(H,18,20). The number of amides is 2. The van der Waals surface area contributed by atoms with Crippen molar-refractivity contribution in [1.82, 2.24) is 5.32 Å². The van der Waals surface area contributed by atoms with Crippen LogP contribution in [0.5, 0.6) is 0 Å². The minimum atomic E-state index is -0.0939. The zero-order chi connectivity index (χ0) is 15.4. The molecule has 0 aliphatic carbocycles. The number of anilines is 1. The second kappa shape index (κ2) is 6.75. The van der Waals surface area contributed by atoms with Crippen LogP contribution in [0.1, 0.15) is 17.7 Å². The average molecular weight is 314 g/mol. The molecule has 1 atom stereocenters. The van der Waals surface area contributed by atoms with Crippen molar-refractivity contribution >= 4 is 28.8 Å². The first kappa shape index (κ1) is 14.8. The van der Waals surface area contributed by atoms with Gasteiger partial charge in [-0.05, 0) is 30.0 Å². The summed E-state index contributed by atoms with van der Waals surface area (Å²) in [4.78, 5) is 27.0. The molecular weight excluding hydrogens is 296 g/mol. The molecule has 1 aliphatic heterocycles. The van der Waals surface area contributed by atoms with Crippen molar-refractivity contribution in [3.05, 3.63) is 52.7 Å². The molecule has 5 heteroatoms. The summed E-state index contributed by atoms with van der Waals surface area (Å²) < 4.78 is 0. The molecular formula is C17H18N2O2S. The molecule has 0 saturated carbocycles.